The highest BCUT2D eigenvalue weighted by Gasteiger charge is 2.29. The number of alkyl halides is 3. The smallest absolute Gasteiger partial charge is 0.396 e. The van der Waals surface area contributed by atoms with Gasteiger partial charge in [0.2, 0.25) is 0 Å². The van der Waals surface area contributed by atoms with Gasteiger partial charge < -0.3 is 5.73 Å². The molecule has 3 aromatic rings. The Balaban J connectivity index is 0.000000499. The summed E-state index contributed by atoms with van der Waals surface area (Å²) in [5.74, 6) is 0.999. The van der Waals surface area contributed by atoms with Crippen molar-refractivity contribution in [1.82, 2.24) is 0 Å². The number of nitrogens with two attached hydrogens (primary N) is 1. The van der Waals surface area contributed by atoms with Crippen LogP contribution in [0, 0.1) is 11.7 Å². The first-order chi connectivity index (χ1) is 22.4. The Morgan fingerprint density at radius 1 is 0.745 bits per heavy atom. The van der Waals surface area contributed by atoms with Gasteiger partial charge in [-0.3, -0.25) is 0 Å². The summed E-state index contributed by atoms with van der Waals surface area (Å²) in [5.41, 5.74) is 8.02. The molecule has 0 spiro atoms. The van der Waals surface area contributed by atoms with Crippen LogP contribution in [0.2, 0.25) is 0 Å². The average molecular weight is 672 g/mol. The lowest BCUT2D eigenvalue weighted by molar-refractivity contribution is -0.0328. The van der Waals surface area contributed by atoms with Crippen LogP contribution in [0.1, 0.15) is 146 Å². The van der Waals surface area contributed by atoms with Gasteiger partial charge in [0.15, 0.2) is 0 Å². The summed E-state index contributed by atoms with van der Waals surface area (Å²) in [6, 6.07) is 18.3. The third-order valence-corrected chi connectivity index (χ3v) is 9.71. The van der Waals surface area contributed by atoms with E-state index in [4.69, 9.17) is 5.73 Å². The maximum atomic E-state index is 15.1. The predicted octanol–water partition coefficient (Wildman–Crippen LogP) is 14.2. The fourth-order valence-electron chi connectivity index (χ4n) is 5.65. The standard InChI is InChI=1S/C28H27F4NS.C8H18.C5H12/c1-3-17(2)18-7-9-20(10-8-18)26-22(19-11-13-21(14-12-19)34-28(30,31)32)5-4-6-24-23(26)15-16-25(33)27(24)29;1-4-6-7-8(3)5-2;1-3-5-4-2/h7-17H,3-6,33H2,1-2H3;8H,4-7H2,1-3H3;3-5H2,1-2H3. The zero-order valence-corrected chi connectivity index (χ0v) is 30.5. The molecule has 47 heavy (non-hydrogen) atoms. The number of hydrogen-bond donors (Lipinski definition) is 1. The molecule has 0 aliphatic heterocycles. The van der Waals surface area contributed by atoms with Gasteiger partial charge >= 0.3 is 5.51 Å². The quantitative estimate of drug-likeness (QED) is 0.125. The van der Waals surface area contributed by atoms with Crippen molar-refractivity contribution in [2.45, 2.75) is 135 Å². The van der Waals surface area contributed by atoms with E-state index in [-0.39, 0.29) is 28.2 Å². The number of allylic oxidation sites excluding steroid dienone is 1. The molecule has 2 unspecified atom stereocenters. The van der Waals surface area contributed by atoms with Gasteiger partial charge in [0.25, 0.3) is 0 Å². The molecule has 4 rings (SSSR count). The molecule has 1 nitrogen and oxygen atoms in total. The highest BCUT2D eigenvalue weighted by molar-refractivity contribution is 8.00. The molecule has 0 aromatic heterocycles. The van der Waals surface area contributed by atoms with E-state index in [9.17, 15) is 13.2 Å². The lowest BCUT2D eigenvalue weighted by atomic mass is 9.86. The zero-order chi connectivity index (χ0) is 35.0. The monoisotopic (exact) mass is 671 g/mol. The number of unbranched alkanes of at least 4 members (excludes halogenated alkanes) is 3. The van der Waals surface area contributed by atoms with Gasteiger partial charge in [0, 0.05) is 4.90 Å². The van der Waals surface area contributed by atoms with Crippen molar-refractivity contribution in [3.8, 4) is 0 Å². The van der Waals surface area contributed by atoms with Crippen LogP contribution in [0.4, 0.5) is 23.2 Å². The Morgan fingerprint density at radius 3 is 1.85 bits per heavy atom. The Morgan fingerprint density at radius 2 is 1.34 bits per heavy atom. The Labute approximate surface area is 286 Å². The van der Waals surface area contributed by atoms with Crippen LogP contribution in [0.25, 0.3) is 11.1 Å². The van der Waals surface area contributed by atoms with E-state index >= 15 is 4.39 Å². The number of benzene rings is 3. The number of rotatable bonds is 11. The minimum Gasteiger partial charge on any atom is -0.396 e. The SMILES string of the molecule is CCC(C)c1ccc(C2=C(c3ccc(SC(F)(F)F)cc3)CCCc3c2ccc(N)c3F)cc1.CCCCC.CCCCC(C)CC. The molecular formula is C41H57F4NS. The second kappa shape index (κ2) is 20.6. The summed E-state index contributed by atoms with van der Waals surface area (Å²) in [4.78, 5) is 0.143. The molecule has 0 saturated carbocycles. The summed E-state index contributed by atoms with van der Waals surface area (Å²) >= 11 is -0.124. The van der Waals surface area contributed by atoms with Gasteiger partial charge in [-0.2, -0.15) is 13.2 Å². The van der Waals surface area contributed by atoms with Gasteiger partial charge in [0.1, 0.15) is 5.82 Å². The number of halogens is 4. The van der Waals surface area contributed by atoms with E-state index in [0.717, 1.165) is 46.6 Å². The molecule has 0 saturated heterocycles. The van der Waals surface area contributed by atoms with E-state index in [2.05, 4.69) is 72.7 Å². The van der Waals surface area contributed by atoms with Gasteiger partial charge in [-0.15, -0.1) is 0 Å². The first-order valence-corrected chi connectivity index (χ1v) is 18.5. The van der Waals surface area contributed by atoms with Crippen LogP contribution in [-0.2, 0) is 6.42 Å². The highest BCUT2D eigenvalue weighted by atomic mass is 32.2. The fraction of sp³-hybridized carbons (Fsp3) is 0.512. The van der Waals surface area contributed by atoms with Crippen LogP contribution < -0.4 is 5.73 Å². The molecule has 0 heterocycles. The first kappa shape index (κ1) is 40.4. The zero-order valence-electron chi connectivity index (χ0n) is 29.7. The Bertz CT molecular complexity index is 1360. The molecular weight excluding hydrogens is 615 g/mol. The molecule has 1 aliphatic carbocycles. The Kier molecular flexibility index (Phi) is 17.7. The van der Waals surface area contributed by atoms with Gasteiger partial charge in [0.05, 0.1) is 5.69 Å². The van der Waals surface area contributed by atoms with Crippen LogP contribution in [0.5, 0.6) is 0 Å². The minimum atomic E-state index is -4.33. The summed E-state index contributed by atoms with van der Waals surface area (Å²) in [6.07, 6.45) is 12.6. The number of fused-ring (bicyclic) bond motifs is 1. The second-order valence-electron chi connectivity index (χ2n) is 12.7. The molecule has 0 radical (unpaired) electrons. The lowest BCUT2D eigenvalue weighted by Crippen LogP contribution is -2.02. The third kappa shape index (κ3) is 13.0. The molecule has 3 aromatic carbocycles. The van der Waals surface area contributed by atoms with Crippen molar-refractivity contribution in [1.29, 1.82) is 0 Å². The second-order valence-corrected chi connectivity index (χ2v) is 13.9. The summed E-state index contributed by atoms with van der Waals surface area (Å²) in [7, 11) is 0. The molecule has 0 bridgehead atoms. The highest BCUT2D eigenvalue weighted by Crippen LogP contribution is 2.43. The first-order valence-electron chi connectivity index (χ1n) is 17.7. The van der Waals surface area contributed by atoms with Crippen molar-refractivity contribution in [3.63, 3.8) is 0 Å². The maximum absolute atomic E-state index is 15.1. The molecule has 1 aliphatic rings. The van der Waals surface area contributed by atoms with E-state index < -0.39 is 5.51 Å². The van der Waals surface area contributed by atoms with Gasteiger partial charge in [-0.1, -0.05) is 136 Å². The fourth-order valence-corrected chi connectivity index (χ4v) is 6.19. The number of hydrogen-bond acceptors (Lipinski definition) is 2. The Hall–Kier alpha value is -2.73. The minimum absolute atomic E-state index is 0.124. The normalized spacial score (nSPS) is 14.2. The summed E-state index contributed by atoms with van der Waals surface area (Å²) in [6.45, 7) is 15.6. The van der Waals surface area contributed by atoms with Crippen LogP contribution >= 0.6 is 11.8 Å². The van der Waals surface area contributed by atoms with Crippen molar-refractivity contribution in [2.75, 3.05) is 5.73 Å². The van der Waals surface area contributed by atoms with Crippen molar-refractivity contribution in [3.05, 3.63) is 94.3 Å². The molecule has 260 valence electrons. The summed E-state index contributed by atoms with van der Waals surface area (Å²) in [5, 5.41) is 0. The van der Waals surface area contributed by atoms with Gasteiger partial charge in [-0.05, 0) is 106 Å². The van der Waals surface area contributed by atoms with E-state index in [0.29, 0.717) is 24.3 Å². The molecule has 0 fully saturated rings. The van der Waals surface area contributed by atoms with Crippen LogP contribution in [0.3, 0.4) is 0 Å². The molecule has 0 amide bonds. The van der Waals surface area contributed by atoms with Gasteiger partial charge in [-0.25, -0.2) is 4.39 Å². The largest absolute Gasteiger partial charge is 0.446 e. The summed E-state index contributed by atoms with van der Waals surface area (Å²) < 4.78 is 53.4. The molecule has 2 atom stereocenters. The van der Waals surface area contributed by atoms with E-state index in [1.807, 2.05) is 6.07 Å². The van der Waals surface area contributed by atoms with Crippen LogP contribution in [-0.4, -0.2) is 5.51 Å². The maximum Gasteiger partial charge on any atom is 0.446 e. The number of thioether (sulfide) groups is 1. The third-order valence-electron chi connectivity index (χ3n) is 8.97. The predicted molar refractivity (Wildman–Crippen MR) is 197 cm³/mol. The average Bonchev–Trinajstić information content (AvgIpc) is 3.26. The van der Waals surface area contributed by atoms with E-state index in [1.165, 1.54) is 62.6 Å². The molecule has 6 heteroatoms. The number of nitrogen functional groups attached to an aromatic ring is 1. The van der Waals surface area contributed by atoms with Crippen molar-refractivity contribution >= 4 is 28.6 Å². The van der Waals surface area contributed by atoms with Crippen molar-refractivity contribution in [2.24, 2.45) is 5.92 Å². The van der Waals surface area contributed by atoms with Crippen LogP contribution in [0.15, 0.2) is 65.6 Å². The number of anilines is 1. The lowest BCUT2D eigenvalue weighted by Gasteiger charge is -2.18. The van der Waals surface area contributed by atoms with Crippen molar-refractivity contribution < 1.29 is 17.6 Å². The van der Waals surface area contributed by atoms with E-state index in [1.54, 1.807) is 18.2 Å². The topological polar surface area (TPSA) is 26.0 Å². The molecule has 2 N–H and O–H groups in total.